The van der Waals surface area contributed by atoms with Crippen LogP contribution in [-0.2, 0) is 4.79 Å². The highest BCUT2D eigenvalue weighted by atomic mass is 32.1. The highest BCUT2D eigenvalue weighted by Crippen LogP contribution is 2.31. The first-order valence-electron chi connectivity index (χ1n) is 10.2. The summed E-state index contributed by atoms with van der Waals surface area (Å²) in [5.74, 6) is 1.27. The molecule has 1 amide bonds. The van der Waals surface area contributed by atoms with E-state index in [0.717, 1.165) is 5.69 Å². The van der Waals surface area contributed by atoms with E-state index in [0.29, 0.717) is 42.8 Å². The molecule has 1 N–H and O–H groups in total. The minimum absolute atomic E-state index is 0.0342. The largest absolute Gasteiger partial charge is 0.485 e. The molecule has 7 heteroatoms. The fraction of sp³-hybridized carbons (Fsp3) is 0.391. The number of fused-ring (bicyclic) bond motifs is 1. The van der Waals surface area contributed by atoms with E-state index in [1.807, 2.05) is 29.2 Å². The number of rotatable bonds is 2. The predicted molar refractivity (Wildman–Crippen MR) is 121 cm³/mol. The van der Waals surface area contributed by atoms with Crippen LogP contribution in [0.4, 0.5) is 5.69 Å². The zero-order valence-electron chi connectivity index (χ0n) is 17.6. The van der Waals surface area contributed by atoms with Crippen molar-refractivity contribution in [3.63, 3.8) is 0 Å². The number of piperazine rings is 1. The summed E-state index contributed by atoms with van der Waals surface area (Å²) in [5, 5.41) is 4.07. The van der Waals surface area contributed by atoms with Gasteiger partial charge < -0.3 is 24.6 Å². The Hall–Kier alpha value is -2.80. The molecule has 0 aliphatic carbocycles. The van der Waals surface area contributed by atoms with Gasteiger partial charge in [-0.2, -0.15) is 0 Å². The smallest absolute Gasteiger partial charge is 0.267 e. The number of hydrogen-bond acceptors (Lipinski definition) is 4. The quantitative estimate of drug-likeness (QED) is 0.746. The van der Waals surface area contributed by atoms with E-state index in [4.69, 9.17) is 21.7 Å². The molecule has 2 aromatic carbocycles. The average Bonchev–Trinajstić information content (AvgIpc) is 2.76. The Kier molecular flexibility index (Phi) is 5.81. The van der Waals surface area contributed by atoms with Crippen LogP contribution in [0.15, 0.2) is 36.4 Å². The van der Waals surface area contributed by atoms with E-state index in [-0.39, 0.29) is 12.5 Å². The molecule has 1 atom stereocenters. The molecule has 1 unspecified atom stereocenters. The van der Waals surface area contributed by atoms with E-state index in [1.54, 1.807) is 0 Å². The summed E-state index contributed by atoms with van der Waals surface area (Å²) in [4.78, 5) is 16.8. The van der Waals surface area contributed by atoms with Gasteiger partial charge in [0.2, 0.25) is 6.10 Å². The molecule has 2 aliphatic rings. The molecular formula is C23H27N3O3S. The van der Waals surface area contributed by atoms with Gasteiger partial charge in [-0.3, -0.25) is 4.79 Å². The second kappa shape index (κ2) is 8.52. The van der Waals surface area contributed by atoms with Crippen LogP contribution in [-0.4, -0.2) is 59.7 Å². The lowest BCUT2D eigenvalue weighted by molar-refractivity contribution is -0.142. The number of benzene rings is 2. The Balaban J connectivity index is 1.32. The van der Waals surface area contributed by atoms with Crippen LogP contribution < -0.4 is 14.8 Å². The van der Waals surface area contributed by atoms with Gasteiger partial charge in [0.15, 0.2) is 16.6 Å². The summed E-state index contributed by atoms with van der Waals surface area (Å²) < 4.78 is 11.6. The minimum atomic E-state index is -0.602. The fourth-order valence-electron chi connectivity index (χ4n) is 3.76. The van der Waals surface area contributed by atoms with Crippen molar-refractivity contribution in [2.24, 2.45) is 0 Å². The Bertz CT molecular complexity index is 970. The van der Waals surface area contributed by atoms with Gasteiger partial charge in [-0.05, 0) is 67.9 Å². The first-order chi connectivity index (χ1) is 14.4. The standard InChI is InChI=1S/C23H27N3O3S/c1-15-12-17(3)18(13-16(15)2)24-23(30)26-10-8-25(9-11-26)22(27)21-14-28-19-6-4-5-7-20(19)29-21/h4-7,12-13,21H,8-11,14H2,1-3H3,(H,24,30). The molecule has 2 aliphatic heterocycles. The lowest BCUT2D eigenvalue weighted by Gasteiger charge is -2.38. The van der Waals surface area contributed by atoms with Crippen molar-refractivity contribution >= 4 is 28.9 Å². The number of nitrogens with one attached hydrogen (secondary N) is 1. The zero-order chi connectivity index (χ0) is 21.3. The summed E-state index contributed by atoms with van der Waals surface area (Å²) in [6.07, 6.45) is -0.602. The summed E-state index contributed by atoms with van der Waals surface area (Å²) in [7, 11) is 0. The Labute approximate surface area is 182 Å². The van der Waals surface area contributed by atoms with Crippen LogP contribution >= 0.6 is 12.2 Å². The molecule has 1 fully saturated rings. The number of carbonyl (C=O) groups is 1. The lowest BCUT2D eigenvalue weighted by atomic mass is 10.1. The molecule has 0 saturated carbocycles. The van der Waals surface area contributed by atoms with Gasteiger partial charge in [-0.15, -0.1) is 0 Å². The van der Waals surface area contributed by atoms with Crippen molar-refractivity contribution in [3.8, 4) is 11.5 Å². The Morgan fingerprint density at radius 3 is 2.33 bits per heavy atom. The van der Waals surface area contributed by atoms with Crippen LogP contribution in [0.2, 0.25) is 0 Å². The maximum Gasteiger partial charge on any atom is 0.267 e. The number of amides is 1. The van der Waals surface area contributed by atoms with Gasteiger partial charge >= 0.3 is 0 Å². The molecule has 0 radical (unpaired) electrons. The molecule has 30 heavy (non-hydrogen) atoms. The molecule has 0 bridgehead atoms. The van der Waals surface area contributed by atoms with Crippen molar-refractivity contribution in [2.45, 2.75) is 26.9 Å². The first-order valence-corrected chi connectivity index (χ1v) is 10.6. The first kappa shape index (κ1) is 20.5. The van der Waals surface area contributed by atoms with Crippen molar-refractivity contribution in [2.75, 3.05) is 38.1 Å². The van der Waals surface area contributed by atoms with Crippen molar-refractivity contribution in [1.29, 1.82) is 0 Å². The number of nitrogens with zero attached hydrogens (tertiary/aromatic N) is 2. The normalized spacial score (nSPS) is 18.2. The predicted octanol–water partition coefficient (Wildman–Crippen LogP) is 3.29. The lowest BCUT2D eigenvalue weighted by Crippen LogP contribution is -2.55. The highest BCUT2D eigenvalue weighted by molar-refractivity contribution is 7.80. The van der Waals surface area contributed by atoms with Crippen molar-refractivity contribution < 1.29 is 14.3 Å². The number of anilines is 1. The van der Waals surface area contributed by atoms with Gasteiger partial charge in [0, 0.05) is 31.9 Å². The average molecular weight is 426 g/mol. The summed E-state index contributed by atoms with van der Waals surface area (Å²) >= 11 is 5.63. The van der Waals surface area contributed by atoms with Crippen molar-refractivity contribution in [1.82, 2.24) is 9.80 Å². The number of para-hydroxylation sites is 2. The SMILES string of the molecule is Cc1cc(C)c(NC(=S)N2CCN(C(=O)C3COc4ccccc4O3)CC2)cc1C. The Morgan fingerprint density at radius 1 is 0.967 bits per heavy atom. The van der Waals surface area contributed by atoms with E-state index in [1.165, 1.54) is 16.7 Å². The maximum atomic E-state index is 12.9. The molecular weight excluding hydrogens is 398 g/mol. The molecule has 158 valence electrons. The topological polar surface area (TPSA) is 54.0 Å². The fourth-order valence-corrected chi connectivity index (χ4v) is 4.06. The minimum Gasteiger partial charge on any atom is -0.485 e. The van der Waals surface area contributed by atoms with Gasteiger partial charge in [0.1, 0.15) is 6.61 Å². The van der Waals surface area contributed by atoms with Gasteiger partial charge in [-0.25, -0.2) is 0 Å². The van der Waals surface area contributed by atoms with E-state index in [2.05, 4.69) is 43.1 Å². The number of ether oxygens (including phenoxy) is 2. The van der Waals surface area contributed by atoms with E-state index >= 15 is 0 Å². The monoisotopic (exact) mass is 425 g/mol. The molecule has 0 spiro atoms. The van der Waals surface area contributed by atoms with Crippen LogP contribution in [0.1, 0.15) is 16.7 Å². The summed E-state index contributed by atoms with van der Waals surface area (Å²) in [6, 6.07) is 11.7. The number of thiocarbonyl (C=S) groups is 1. The molecule has 6 nitrogen and oxygen atoms in total. The van der Waals surface area contributed by atoms with Gasteiger partial charge in [-0.1, -0.05) is 18.2 Å². The number of carbonyl (C=O) groups excluding carboxylic acids is 1. The van der Waals surface area contributed by atoms with Gasteiger partial charge in [0.25, 0.3) is 5.91 Å². The van der Waals surface area contributed by atoms with Crippen LogP contribution in [0, 0.1) is 20.8 Å². The van der Waals surface area contributed by atoms with Crippen LogP contribution in [0.25, 0.3) is 0 Å². The van der Waals surface area contributed by atoms with Crippen molar-refractivity contribution in [3.05, 3.63) is 53.1 Å². The summed E-state index contributed by atoms with van der Waals surface area (Å²) in [6.45, 7) is 9.11. The third-order valence-electron chi connectivity index (χ3n) is 5.74. The molecule has 4 rings (SSSR count). The Morgan fingerprint density at radius 2 is 1.60 bits per heavy atom. The molecule has 0 aromatic heterocycles. The molecule has 2 heterocycles. The molecule has 1 saturated heterocycles. The zero-order valence-corrected chi connectivity index (χ0v) is 18.4. The van der Waals surface area contributed by atoms with Gasteiger partial charge in [0.05, 0.1) is 0 Å². The highest BCUT2D eigenvalue weighted by Gasteiger charge is 2.33. The van der Waals surface area contributed by atoms with E-state index < -0.39 is 6.10 Å². The second-order valence-corrected chi connectivity index (χ2v) is 8.24. The summed E-state index contributed by atoms with van der Waals surface area (Å²) in [5.41, 5.74) is 4.71. The third kappa shape index (κ3) is 4.21. The van der Waals surface area contributed by atoms with E-state index in [9.17, 15) is 4.79 Å². The number of aryl methyl sites for hydroxylation is 3. The molecule has 2 aromatic rings. The number of hydrogen-bond donors (Lipinski definition) is 1. The van der Waals surface area contributed by atoms with Crippen LogP contribution in [0.3, 0.4) is 0 Å². The second-order valence-electron chi connectivity index (χ2n) is 7.86. The maximum absolute atomic E-state index is 12.9. The van der Waals surface area contributed by atoms with Crippen LogP contribution in [0.5, 0.6) is 11.5 Å². The third-order valence-corrected chi connectivity index (χ3v) is 6.11.